The van der Waals surface area contributed by atoms with Gasteiger partial charge in [0.1, 0.15) is 11.6 Å². The first-order valence-electron chi connectivity index (χ1n) is 7.30. The quantitative estimate of drug-likeness (QED) is 0.752. The van der Waals surface area contributed by atoms with Gasteiger partial charge in [0.25, 0.3) is 0 Å². The molecule has 0 radical (unpaired) electrons. The fraction of sp³-hybridized carbons (Fsp3) is 0.278. The van der Waals surface area contributed by atoms with Crippen molar-refractivity contribution in [2.24, 2.45) is 0 Å². The van der Waals surface area contributed by atoms with Gasteiger partial charge in [-0.15, -0.1) is 0 Å². The molecular weight excluding hydrogens is 361 g/mol. The van der Waals surface area contributed by atoms with Gasteiger partial charge in [-0.2, -0.15) is 0 Å². The lowest BCUT2D eigenvalue weighted by Gasteiger charge is -2.17. The van der Waals surface area contributed by atoms with Gasteiger partial charge in [-0.25, -0.2) is 4.39 Å². The van der Waals surface area contributed by atoms with Gasteiger partial charge in [0.15, 0.2) is 0 Å². The average Bonchev–Trinajstić information content (AvgIpc) is 2.52. The van der Waals surface area contributed by atoms with Crippen LogP contribution in [-0.4, -0.2) is 25.0 Å². The number of methoxy groups -OCH3 is 1. The normalized spacial score (nSPS) is 10.4. The lowest BCUT2D eigenvalue weighted by molar-refractivity contribution is -0.130. The molecule has 0 fully saturated rings. The number of amides is 1. The molecule has 0 atom stereocenters. The lowest BCUT2D eigenvalue weighted by Crippen LogP contribution is -2.26. The number of carbonyl (C=O) groups excluding carboxylic acids is 1. The zero-order valence-electron chi connectivity index (χ0n) is 13.2. The first-order chi connectivity index (χ1) is 11.0. The van der Waals surface area contributed by atoms with Crippen LogP contribution in [0.4, 0.5) is 4.39 Å². The van der Waals surface area contributed by atoms with Gasteiger partial charge >= 0.3 is 0 Å². The molecule has 0 aromatic heterocycles. The summed E-state index contributed by atoms with van der Waals surface area (Å²) in [6.45, 7) is 0.406. The summed E-state index contributed by atoms with van der Waals surface area (Å²) in [6, 6.07) is 12.1. The molecule has 0 heterocycles. The van der Waals surface area contributed by atoms with Gasteiger partial charge in [0.05, 0.1) is 11.6 Å². The van der Waals surface area contributed by atoms with E-state index in [-0.39, 0.29) is 11.7 Å². The zero-order chi connectivity index (χ0) is 16.8. The van der Waals surface area contributed by atoms with Crippen molar-refractivity contribution in [3.63, 3.8) is 0 Å². The van der Waals surface area contributed by atoms with Crippen LogP contribution in [0.3, 0.4) is 0 Å². The minimum Gasteiger partial charge on any atom is -0.496 e. The number of rotatable bonds is 6. The van der Waals surface area contributed by atoms with Crippen LogP contribution in [0, 0.1) is 5.82 Å². The van der Waals surface area contributed by atoms with E-state index in [1.807, 2.05) is 24.3 Å². The third-order valence-corrected chi connectivity index (χ3v) is 4.20. The smallest absolute Gasteiger partial charge is 0.222 e. The van der Waals surface area contributed by atoms with E-state index < -0.39 is 0 Å². The maximum atomic E-state index is 13.2. The molecule has 2 aromatic rings. The van der Waals surface area contributed by atoms with Gasteiger partial charge in [0, 0.05) is 20.0 Å². The summed E-state index contributed by atoms with van der Waals surface area (Å²) >= 11 is 3.44. The Balaban J connectivity index is 1.90. The summed E-state index contributed by atoms with van der Waals surface area (Å²) in [6.07, 6.45) is 1.06. The Hall–Kier alpha value is -1.88. The number of aryl methyl sites for hydroxylation is 1. The largest absolute Gasteiger partial charge is 0.496 e. The second-order valence-electron chi connectivity index (χ2n) is 5.35. The highest BCUT2D eigenvalue weighted by Crippen LogP contribution is 2.26. The number of carbonyl (C=O) groups is 1. The Labute approximate surface area is 144 Å². The third kappa shape index (κ3) is 5.06. The minimum absolute atomic E-state index is 0.0289. The minimum atomic E-state index is -0.286. The molecule has 23 heavy (non-hydrogen) atoms. The van der Waals surface area contributed by atoms with Crippen molar-refractivity contribution in [2.45, 2.75) is 19.4 Å². The van der Waals surface area contributed by atoms with E-state index in [1.165, 1.54) is 12.1 Å². The Morgan fingerprint density at radius 3 is 2.65 bits per heavy atom. The number of halogens is 2. The van der Waals surface area contributed by atoms with Crippen LogP contribution in [0.1, 0.15) is 17.5 Å². The Bertz CT molecular complexity index is 690. The predicted molar refractivity (Wildman–Crippen MR) is 91.9 cm³/mol. The first kappa shape index (κ1) is 17.5. The number of hydrogen-bond acceptors (Lipinski definition) is 2. The molecule has 2 rings (SSSR count). The maximum absolute atomic E-state index is 13.2. The van der Waals surface area contributed by atoms with Crippen LogP contribution in [-0.2, 0) is 17.8 Å². The van der Waals surface area contributed by atoms with E-state index >= 15 is 0 Å². The molecular formula is C18H19BrFNO2. The van der Waals surface area contributed by atoms with Gasteiger partial charge in [-0.05, 0) is 57.7 Å². The average molecular weight is 380 g/mol. The monoisotopic (exact) mass is 379 g/mol. The van der Waals surface area contributed by atoms with Gasteiger partial charge in [0.2, 0.25) is 5.91 Å². The second kappa shape index (κ2) is 8.11. The van der Waals surface area contributed by atoms with Crippen LogP contribution in [0.25, 0.3) is 0 Å². The lowest BCUT2D eigenvalue weighted by atomic mass is 10.1. The van der Waals surface area contributed by atoms with E-state index in [4.69, 9.17) is 4.74 Å². The predicted octanol–water partition coefficient (Wildman–Crippen LogP) is 4.19. The van der Waals surface area contributed by atoms with E-state index in [9.17, 15) is 9.18 Å². The van der Waals surface area contributed by atoms with E-state index in [1.54, 1.807) is 25.1 Å². The zero-order valence-corrected chi connectivity index (χ0v) is 14.8. The molecule has 3 nitrogen and oxygen atoms in total. The second-order valence-corrected chi connectivity index (χ2v) is 6.20. The summed E-state index contributed by atoms with van der Waals surface area (Å²) in [5, 5.41) is 0. The molecule has 122 valence electrons. The molecule has 0 saturated carbocycles. The summed E-state index contributed by atoms with van der Waals surface area (Å²) in [7, 11) is 3.35. The highest BCUT2D eigenvalue weighted by molar-refractivity contribution is 9.10. The summed E-state index contributed by atoms with van der Waals surface area (Å²) in [4.78, 5) is 13.8. The number of hydrogen-bond donors (Lipinski definition) is 0. The summed E-state index contributed by atoms with van der Waals surface area (Å²) in [5.74, 6) is 0.510. The SMILES string of the molecule is COc1ccc(CCC(=O)N(C)Cc2cccc(F)c2)cc1Br. The maximum Gasteiger partial charge on any atom is 0.222 e. The molecule has 2 aromatic carbocycles. The molecule has 0 unspecified atom stereocenters. The number of ether oxygens (including phenoxy) is 1. The molecule has 0 bridgehead atoms. The van der Waals surface area contributed by atoms with Crippen molar-refractivity contribution < 1.29 is 13.9 Å². The molecule has 0 aliphatic heterocycles. The van der Waals surface area contributed by atoms with E-state index in [0.29, 0.717) is 19.4 Å². The van der Waals surface area contributed by atoms with Crippen LogP contribution in [0.2, 0.25) is 0 Å². The molecule has 0 spiro atoms. The fourth-order valence-corrected chi connectivity index (χ4v) is 2.89. The van der Waals surface area contributed by atoms with Crippen LogP contribution in [0.15, 0.2) is 46.9 Å². The summed E-state index contributed by atoms with van der Waals surface area (Å²) < 4.78 is 19.2. The highest BCUT2D eigenvalue weighted by atomic mass is 79.9. The molecule has 0 saturated heterocycles. The molecule has 5 heteroatoms. The van der Waals surface area contributed by atoms with Crippen molar-refractivity contribution in [1.29, 1.82) is 0 Å². The van der Waals surface area contributed by atoms with Gasteiger partial charge < -0.3 is 9.64 Å². The van der Waals surface area contributed by atoms with Crippen LogP contribution < -0.4 is 4.74 Å². The molecule has 0 N–H and O–H groups in total. The van der Waals surface area contributed by atoms with Crippen LogP contribution in [0.5, 0.6) is 5.75 Å². The molecule has 1 amide bonds. The number of benzene rings is 2. The molecule has 0 aliphatic rings. The standard InChI is InChI=1S/C18H19BrFNO2/c1-21(12-14-4-3-5-15(20)10-14)18(22)9-7-13-6-8-17(23-2)16(19)11-13/h3-6,8,10-11H,7,9,12H2,1-2H3. The van der Waals surface area contributed by atoms with Crippen molar-refractivity contribution in [1.82, 2.24) is 4.90 Å². The van der Waals surface area contributed by atoms with Gasteiger partial charge in [-0.3, -0.25) is 4.79 Å². The fourth-order valence-electron chi connectivity index (χ4n) is 2.30. The van der Waals surface area contributed by atoms with Crippen molar-refractivity contribution in [3.8, 4) is 5.75 Å². The van der Waals surface area contributed by atoms with Crippen molar-refractivity contribution in [3.05, 3.63) is 63.9 Å². The topological polar surface area (TPSA) is 29.5 Å². The van der Waals surface area contributed by atoms with E-state index in [0.717, 1.165) is 21.3 Å². The summed E-state index contributed by atoms with van der Waals surface area (Å²) in [5.41, 5.74) is 1.85. The van der Waals surface area contributed by atoms with Crippen LogP contribution >= 0.6 is 15.9 Å². The third-order valence-electron chi connectivity index (χ3n) is 3.58. The Morgan fingerprint density at radius 2 is 2.00 bits per heavy atom. The van der Waals surface area contributed by atoms with E-state index in [2.05, 4.69) is 15.9 Å². The Kier molecular flexibility index (Phi) is 6.16. The van der Waals surface area contributed by atoms with Crippen molar-refractivity contribution >= 4 is 21.8 Å². The van der Waals surface area contributed by atoms with Crippen molar-refractivity contribution in [2.75, 3.05) is 14.2 Å². The first-order valence-corrected chi connectivity index (χ1v) is 8.09. The molecule has 0 aliphatic carbocycles. The number of nitrogens with zero attached hydrogens (tertiary/aromatic N) is 1. The Morgan fingerprint density at radius 1 is 1.22 bits per heavy atom. The highest BCUT2D eigenvalue weighted by Gasteiger charge is 2.10. The van der Waals surface area contributed by atoms with Gasteiger partial charge in [-0.1, -0.05) is 18.2 Å².